The molecule has 4 rings (SSSR count). The van der Waals surface area contributed by atoms with Crippen LogP contribution in [0.15, 0.2) is 53.6 Å². The molecule has 0 unspecified atom stereocenters. The summed E-state index contributed by atoms with van der Waals surface area (Å²) in [6.45, 7) is 2.79. The topological polar surface area (TPSA) is 102 Å². The van der Waals surface area contributed by atoms with Gasteiger partial charge in [0.25, 0.3) is 0 Å². The summed E-state index contributed by atoms with van der Waals surface area (Å²) in [6.07, 6.45) is 0. The molecule has 2 aromatic carbocycles. The molecule has 0 aliphatic rings. The van der Waals surface area contributed by atoms with Crippen LogP contribution in [0.1, 0.15) is 18.3 Å². The van der Waals surface area contributed by atoms with Gasteiger partial charge in [-0.15, -0.1) is 10.2 Å². The first-order chi connectivity index (χ1) is 12.2. The Balaban J connectivity index is 1.98. The maximum absolute atomic E-state index is 10.1. The van der Waals surface area contributed by atoms with Crippen molar-refractivity contribution in [3.63, 3.8) is 0 Å². The Hall–Kier alpha value is -3.48. The summed E-state index contributed by atoms with van der Waals surface area (Å²) in [7, 11) is 0. The maximum atomic E-state index is 10.1. The first kappa shape index (κ1) is 15.1. The zero-order valence-electron chi connectivity index (χ0n) is 13.6. The van der Waals surface area contributed by atoms with E-state index in [0.717, 1.165) is 23.0 Å². The zero-order chi connectivity index (χ0) is 17.4. The van der Waals surface area contributed by atoms with Crippen LogP contribution in [0, 0.1) is 0 Å². The van der Waals surface area contributed by atoms with Crippen LogP contribution in [0.5, 0.6) is 5.75 Å². The van der Waals surface area contributed by atoms with Crippen molar-refractivity contribution < 1.29 is 5.11 Å². The van der Waals surface area contributed by atoms with Gasteiger partial charge in [-0.1, -0.05) is 30.3 Å². The molecule has 7 heteroatoms. The summed E-state index contributed by atoms with van der Waals surface area (Å²) in [5.74, 6) is 5.89. The van der Waals surface area contributed by atoms with Gasteiger partial charge in [0.2, 0.25) is 5.82 Å². The van der Waals surface area contributed by atoms with Gasteiger partial charge in [0, 0.05) is 17.5 Å². The molecule has 124 valence electrons. The number of phenols is 1. The van der Waals surface area contributed by atoms with Gasteiger partial charge in [-0.2, -0.15) is 5.10 Å². The van der Waals surface area contributed by atoms with Crippen LogP contribution in [0.4, 0.5) is 0 Å². The number of hydrogen-bond acceptors (Lipinski definition) is 6. The van der Waals surface area contributed by atoms with Gasteiger partial charge in [0.15, 0.2) is 5.65 Å². The Bertz CT molecular complexity index is 1120. The number of aromatic hydroxyl groups is 1. The molecule has 0 bridgehead atoms. The highest BCUT2D eigenvalue weighted by Gasteiger charge is 2.18. The number of rotatable bonds is 3. The highest BCUT2D eigenvalue weighted by Crippen LogP contribution is 2.26. The second-order valence-corrected chi connectivity index (χ2v) is 5.56. The fraction of sp³-hybridized carbons (Fsp3) is 0.111. The Kier molecular flexibility index (Phi) is 3.53. The molecule has 0 amide bonds. The molecular formula is C18H16N6O. The molecule has 0 saturated carbocycles. The minimum Gasteiger partial charge on any atom is -0.507 e. The average molecular weight is 332 g/mol. The molecule has 4 aromatic rings. The molecule has 7 nitrogen and oxygen atoms in total. The standard InChI is InChI=1S/C18H16N6O/c1-2-24-13-9-5-3-7-11(13)16-18(24)20-17(23-22-16)15(21-19)12-8-4-6-10-14(12)25/h3-10,25H,2,19H2,1H3/b21-15+. The normalized spacial score (nSPS) is 12.1. The number of benzene rings is 2. The molecule has 0 aliphatic carbocycles. The minimum absolute atomic E-state index is 0.0615. The summed E-state index contributed by atoms with van der Waals surface area (Å²) in [5, 5.41) is 23.4. The van der Waals surface area contributed by atoms with E-state index >= 15 is 0 Å². The molecular weight excluding hydrogens is 316 g/mol. The average Bonchev–Trinajstić information content (AvgIpc) is 2.97. The molecule has 0 spiro atoms. The first-order valence-corrected chi connectivity index (χ1v) is 7.93. The highest BCUT2D eigenvalue weighted by atomic mass is 16.3. The van der Waals surface area contributed by atoms with Crippen LogP contribution in [-0.2, 0) is 6.54 Å². The maximum Gasteiger partial charge on any atom is 0.204 e. The lowest BCUT2D eigenvalue weighted by Crippen LogP contribution is -2.13. The van der Waals surface area contributed by atoms with E-state index in [1.165, 1.54) is 0 Å². The molecule has 3 N–H and O–H groups in total. The third kappa shape index (κ3) is 2.28. The van der Waals surface area contributed by atoms with Crippen molar-refractivity contribution >= 4 is 27.8 Å². The Morgan fingerprint density at radius 1 is 1.12 bits per heavy atom. The number of hydrogen-bond donors (Lipinski definition) is 2. The Morgan fingerprint density at radius 2 is 1.88 bits per heavy atom. The number of aryl methyl sites for hydroxylation is 1. The molecule has 2 aromatic heterocycles. The number of aromatic nitrogens is 4. The monoisotopic (exact) mass is 332 g/mol. The van der Waals surface area contributed by atoms with E-state index in [9.17, 15) is 5.11 Å². The SMILES string of the molecule is CCn1c2ccccc2c2nnc(/C(=N/N)c3ccccc3O)nc21. The van der Waals surface area contributed by atoms with Crippen LogP contribution in [0.2, 0.25) is 0 Å². The van der Waals surface area contributed by atoms with Crippen LogP contribution < -0.4 is 5.84 Å². The number of fused-ring (bicyclic) bond motifs is 3. The largest absolute Gasteiger partial charge is 0.507 e. The molecule has 0 radical (unpaired) electrons. The third-order valence-corrected chi connectivity index (χ3v) is 4.19. The summed E-state index contributed by atoms with van der Waals surface area (Å²) in [4.78, 5) is 4.64. The lowest BCUT2D eigenvalue weighted by atomic mass is 10.1. The van der Waals surface area contributed by atoms with E-state index in [-0.39, 0.29) is 11.6 Å². The van der Waals surface area contributed by atoms with E-state index in [4.69, 9.17) is 5.84 Å². The van der Waals surface area contributed by atoms with E-state index in [1.807, 2.05) is 24.3 Å². The van der Waals surface area contributed by atoms with Crippen molar-refractivity contribution in [1.82, 2.24) is 19.7 Å². The van der Waals surface area contributed by atoms with Gasteiger partial charge in [0.1, 0.15) is 17.0 Å². The van der Waals surface area contributed by atoms with Crippen molar-refractivity contribution in [1.29, 1.82) is 0 Å². The van der Waals surface area contributed by atoms with Crippen LogP contribution in [0.25, 0.3) is 22.1 Å². The number of hydrazone groups is 1. The quantitative estimate of drug-likeness (QED) is 0.341. The van der Waals surface area contributed by atoms with Gasteiger partial charge < -0.3 is 15.5 Å². The van der Waals surface area contributed by atoms with Crippen molar-refractivity contribution in [2.45, 2.75) is 13.5 Å². The van der Waals surface area contributed by atoms with Crippen LogP contribution >= 0.6 is 0 Å². The Morgan fingerprint density at radius 3 is 2.64 bits per heavy atom. The second-order valence-electron chi connectivity index (χ2n) is 5.56. The molecule has 0 fully saturated rings. The van der Waals surface area contributed by atoms with E-state index in [0.29, 0.717) is 16.9 Å². The number of nitrogens with zero attached hydrogens (tertiary/aromatic N) is 5. The second kappa shape index (κ2) is 5.86. The lowest BCUT2D eigenvalue weighted by Gasteiger charge is -2.06. The highest BCUT2D eigenvalue weighted by molar-refractivity contribution is 6.13. The lowest BCUT2D eigenvalue weighted by molar-refractivity contribution is 0.474. The first-order valence-electron chi connectivity index (χ1n) is 7.93. The van der Waals surface area contributed by atoms with E-state index < -0.39 is 0 Å². The van der Waals surface area contributed by atoms with Gasteiger partial charge in [0.05, 0.1) is 5.52 Å². The molecule has 0 saturated heterocycles. The summed E-state index contributed by atoms with van der Waals surface area (Å²) >= 11 is 0. The minimum atomic E-state index is 0.0615. The smallest absolute Gasteiger partial charge is 0.204 e. The molecule has 25 heavy (non-hydrogen) atoms. The summed E-state index contributed by atoms with van der Waals surface area (Å²) in [6, 6.07) is 14.8. The van der Waals surface area contributed by atoms with E-state index in [1.54, 1.807) is 24.3 Å². The van der Waals surface area contributed by atoms with Crippen molar-refractivity contribution in [3.05, 3.63) is 59.9 Å². The number of nitrogens with two attached hydrogens (primary N) is 1. The van der Waals surface area contributed by atoms with Crippen molar-refractivity contribution in [2.24, 2.45) is 10.9 Å². The predicted molar refractivity (Wildman–Crippen MR) is 96.4 cm³/mol. The van der Waals surface area contributed by atoms with Gasteiger partial charge >= 0.3 is 0 Å². The van der Waals surface area contributed by atoms with Gasteiger partial charge in [-0.3, -0.25) is 0 Å². The van der Waals surface area contributed by atoms with Gasteiger partial charge in [-0.05, 0) is 25.1 Å². The third-order valence-electron chi connectivity index (χ3n) is 4.19. The number of para-hydroxylation sites is 2. The number of phenolic OH excluding ortho intramolecular Hbond substituents is 1. The fourth-order valence-electron chi connectivity index (χ4n) is 3.05. The molecule has 0 aliphatic heterocycles. The van der Waals surface area contributed by atoms with E-state index in [2.05, 4.69) is 31.8 Å². The van der Waals surface area contributed by atoms with Crippen molar-refractivity contribution in [2.75, 3.05) is 0 Å². The predicted octanol–water partition coefficient (Wildman–Crippen LogP) is 2.42. The van der Waals surface area contributed by atoms with Gasteiger partial charge in [-0.25, -0.2) is 4.98 Å². The van der Waals surface area contributed by atoms with Crippen LogP contribution in [-0.4, -0.2) is 30.6 Å². The van der Waals surface area contributed by atoms with Crippen molar-refractivity contribution in [3.8, 4) is 5.75 Å². The zero-order valence-corrected chi connectivity index (χ0v) is 13.6. The Labute approximate surface area is 143 Å². The summed E-state index contributed by atoms with van der Waals surface area (Å²) < 4.78 is 2.07. The van der Waals surface area contributed by atoms with Crippen LogP contribution in [0.3, 0.4) is 0 Å². The summed E-state index contributed by atoms with van der Waals surface area (Å²) in [5.41, 5.74) is 3.25. The molecule has 2 heterocycles. The molecule has 0 atom stereocenters. The fourth-order valence-corrected chi connectivity index (χ4v) is 3.05.